The van der Waals surface area contributed by atoms with Crippen LogP contribution in [0.25, 0.3) is 0 Å². The monoisotopic (exact) mass is 124 g/mol. The van der Waals surface area contributed by atoms with E-state index in [-0.39, 0.29) is 5.54 Å². The van der Waals surface area contributed by atoms with E-state index < -0.39 is 0 Å². The lowest BCUT2D eigenvalue weighted by Gasteiger charge is -2.36. The van der Waals surface area contributed by atoms with Crippen LogP contribution in [0.15, 0.2) is 0 Å². The second-order valence-electron chi connectivity index (χ2n) is 2.97. The Kier molecular flexibility index (Phi) is 0.943. The predicted octanol–water partition coefficient (Wildman–Crippen LogP) is 0.286. The Balaban J connectivity index is 2.03. The number of nitrogens with one attached hydrogen (secondary N) is 1. The Labute approximate surface area is 54.6 Å². The minimum Gasteiger partial charge on any atom is -0.310 e. The molecule has 1 radical (unpaired) electrons. The molecule has 2 nitrogen and oxygen atoms in total. The third-order valence-electron chi connectivity index (χ3n) is 2.20. The normalized spacial score (nSPS) is 30.9. The van der Waals surface area contributed by atoms with Crippen LogP contribution in [-0.4, -0.2) is 17.9 Å². The molecule has 2 fully saturated rings. The van der Waals surface area contributed by atoms with Gasteiger partial charge in [-0.1, -0.05) is 0 Å². The molecule has 2 rings (SSSR count). The van der Waals surface area contributed by atoms with Gasteiger partial charge in [0, 0.05) is 18.4 Å². The van der Waals surface area contributed by atoms with Gasteiger partial charge in [-0.15, -0.1) is 0 Å². The number of rotatable bonds is 0. The lowest BCUT2D eigenvalue weighted by atomic mass is 9.75. The lowest BCUT2D eigenvalue weighted by molar-refractivity contribution is -0.122. The van der Waals surface area contributed by atoms with Crippen molar-refractivity contribution in [3.05, 3.63) is 6.42 Å². The minimum absolute atomic E-state index is 0.164. The molecule has 1 unspecified atom stereocenters. The highest BCUT2D eigenvalue weighted by Gasteiger charge is 2.45. The van der Waals surface area contributed by atoms with Crippen molar-refractivity contribution >= 4 is 5.78 Å². The molecule has 1 heterocycles. The fourth-order valence-corrected chi connectivity index (χ4v) is 1.69. The average Bonchev–Trinajstić information content (AvgIpc) is 2.12. The summed E-state index contributed by atoms with van der Waals surface area (Å²) >= 11 is 0. The molecule has 0 aromatic rings. The molecule has 2 heteroatoms. The number of hydrogen-bond acceptors (Lipinski definition) is 2. The minimum atomic E-state index is 0.164. The number of carbonyl (C=O) groups is 1. The molecular formula is C7H10NO. The summed E-state index contributed by atoms with van der Waals surface area (Å²) in [5, 5.41) is 3.32. The molecule has 2 aliphatic rings. The zero-order valence-corrected chi connectivity index (χ0v) is 5.31. The van der Waals surface area contributed by atoms with Crippen LogP contribution in [0.2, 0.25) is 0 Å². The SMILES string of the molecule is O=C1[CH]C2(CCCN2)C1. The highest BCUT2D eigenvalue weighted by Crippen LogP contribution is 2.34. The largest absolute Gasteiger partial charge is 0.310 e. The van der Waals surface area contributed by atoms with E-state index in [1.165, 1.54) is 12.8 Å². The van der Waals surface area contributed by atoms with Crippen molar-refractivity contribution in [3.8, 4) is 0 Å². The Morgan fingerprint density at radius 3 is 2.89 bits per heavy atom. The van der Waals surface area contributed by atoms with Gasteiger partial charge in [0.2, 0.25) is 0 Å². The Bertz CT molecular complexity index is 137. The summed E-state index contributed by atoms with van der Waals surface area (Å²) in [5.74, 6) is 0.310. The fourth-order valence-electron chi connectivity index (χ4n) is 1.69. The molecule has 0 aromatic carbocycles. The van der Waals surface area contributed by atoms with Gasteiger partial charge in [0.25, 0.3) is 0 Å². The van der Waals surface area contributed by atoms with Gasteiger partial charge in [0.05, 0.1) is 0 Å². The highest BCUT2D eigenvalue weighted by atomic mass is 16.1. The number of Topliss-reactive ketones (excluding diaryl/α,β-unsaturated/α-hetero) is 1. The third kappa shape index (κ3) is 0.697. The first-order chi connectivity index (χ1) is 4.31. The smallest absolute Gasteiger partial charge is 0.140 e. The van der Waals surface area contributed by atoms with Gasteiger partial charge in [-0.05, 0) is 19.4 Å². The van der Waals surface area contributed by atoms with Gasteiger partial charge in [-0.3, -0.25) is 4.79 Å². The first kappa shape index (κ1) is 5.42. The maximum atomic E-state index is 10.6. The number of carbonyl (C=O) groups excluding carboxylic acids is 1. The van der Waals surface area contributed by atoms with Gasteiger partial charge in [0.15, 0.2) is 0 Å². The molecule has 49 valence electrons. The average molecular weight is 124 g/mol. The predicted molar refractivity (Wildman–Crippen MR) is 33.9 cm³/mol. The second-order valence-corrected chi connectivity index (χ2v) is 2.97. The van der Waals surface area contributed by atoms with Gasteiger partial charge < -0.3 is 5.32 Å². The van der Waals surface area contributed by atoms with Gasteiger partial charge in [0.1, 0.15) is 5.78 Å². The first-order valence-electron chi connectivity index (χ1n) is 3.45. The molecule has 1 aliphatic heterocycles. The number of ketones is 1. The summed E-state index contributed by atoms with van der Waals surface area (Å²) in [6, 6.07) is 0. The molecule has 9 heavy (non-hydrogen) atoms. The fraction of sp³-hybridized carbons (Fsp3) is 0.714. The van der Waals surface area contributed by atoms with Crippen LogP contribution in [0.5, 0.6) is 0 Å². The summed E-state index contributed by atoms with van der Waals surface area (Å²) in [6.45, 7) is 1.09. The van der Waals surface area contributed by atoms with Gasteiger partial charge in [-0.25, -0.2) is 0 Å². The van der Waals surface area contributed by atoms with Crippen molar-refractivity contribution < 1.29 is 4.79 Å². The van der Waals surface area contributed by atoms with E-state index in [9.17, 15) is 4.79 Å². The molecule has 0 aromatic heterocycles. The molecule has 0 bridgehead atoms. The summed E-state index contributed by atoms with van der Waals surface area (Å²) < 4.78 is 0. The quantitative estimate of drug-likeness (QED) is 0.502. The van der Waals surface area contributed by atoms with E-state index in [4.69, 9.17) is 0 Å². The van der Waals surface area contributed by atoms with E-state index in [0.717, 1.165) is 13.0 Å². The van der Waals surface area contributed by atoms with Crippen LogP contribution in [0.3, 0.4) is 0 Å². The summed E-state index contributed by atoms with van der Waals surface area (Å²) in [7, 11) is 0. The van der Waals surface area contributed by atoms with Crippen LogP contribution in [0.4, 0.5) is 0 Å². The third-order valence-corrected chi connectivity index (χ3v) is 2.20. The van der Waals surface area contributed by atoms with Crippen LogP contribution >= 0.6 is 0 Å². The molecule has 1 saturated heterocycles. The van der Waals surface area contributed by atoms with Crippen molar-refractivity contribution in [1.29, 1.82) is 0 Å². The van der Waals surface area contributed by atoms with E-state index in [1.807, 2.05) is 6.42 Å². The Morgan fingerprint density at radius 1 is 1.67 bits per heavy atom. The summed E-state index contributed by atoms with van der Waals surface area (Å²) in [4.78, 5) is 10.6. The maximum absolute atomic E-state index is 10.6. The van der Waals surface area contributed by atoms with Gasteiger partial charge in [-0.2, -0.15) is 0 Å². The van der Waals surface area contributed by atoms with Crippen molar-refractivity contribution in [1.82, 2.24) is 5.32 Å². The van der Waals surface area contributed by atoms with Crippen LogP contribution in [0.1, 0.15) is 19.3 Å². The van der Waals surface area contributed by atoms with Crippen molar-refractivity contribution in [2.24, 2.45) is 0 Å². The molecule has 1 atom stereocenters. The highest BCUT2D eigenvalue weighted by molar-refractivity contribution is 5.97. The van der Waals surface area contributed by atoms with Gasteiger partial charge >= 0.3 is 0 Å². The summed E-state index contributed by atoms with van der Waals surface area (Å²) in [6.07, 6.45) is 4.97. The lowest BCUT2D eigenvalue weighted by Crippen LogP contribution is -2.52. The summed E-state index contributed by atoms with van der Waals surface area (Å²) in [5.41, 5.74) is 0.164. The zero-order valence-electron chi connectivity index (χ0n) is 5.31. The maximum Gasteiger partial charge on any atom is 0.140 e. The van der Waals surface area contributed by atoms with E-state index in [1.54, 1.807) is 0 Å². The zero-order chi connectivity index (χ0) is 6.32. The topological polar surface area (TPSA) is 29.1 Å². The standard InChI is InChI=1S/C7H10NO/c9-6-4-7(5-6)2-1-3-8-7/h4,8H,1-3,5H2. The van der Waals surface area contributed by atoms with Crippen LogP contribution in [-0.2, 0) is 4.79 Å². The molecule has 1 N–H and O–H groups in total. The van der Waals surface area contributed by atoms with Crippen molar-refractivity contribution in [2.75, 3.05) is 6.54 Å². The molecule has 1 saturated carbocycles. The Hall–Kier alpha value is -0.370. The molecule has 1 aliphatic carbocycles. The van der Waals surface area contributed by atoms with Crippen molar-refractivity contribution in [3.63, 3.8) is 0 Å². The van der Waals surface area contributed by atoms with Crippen LogP contribution < -0.4 is 5.32 Å². The molecule has 0 amide bonds. The Morgan fingerprint density at radius 2 is 2.44 bits per heavy atom. The van der Waals surface area contributed by atoms with E-state index in [2.05, 4.69) is 5.32 Å². The molecule has 1 spiro atoms. The van der Waals surface area contributed by atoms with Crippen LogP contribution in [0, 0.1) is 6.42 Å². The second kappa shape index (κ2) is 1.57. The first-order valence-corrected chi connectivity index (χ1v) is 3.45. The molecular weight excluding hydrogens is 114 g/mol. The van der Waals surface area contributed by atoms with E-state index >= 15 is 0 Å². The number of hydrogen-bond donors (Lipinski definition) is 1. The van der Waals surface area contributed by atoms with E-state index in [0.29, 0.717) is 5.78 Å². The van der Waals surface area contributed by atoms with Crippen molar-refractivity contribution in [2.45, 2.75) is 24.8 Å².